The molecule has 2 N–H and O–H groups in total. The lowest BCUT2D eigenvalue weighted by Crippen LogP contribution is -2.18. The van der Waals surface area contributed by atoms with Crippen molar-refractivity contribution in [1.82, 2.24) is 14.3 Å². The molecule has 0 saturated heterocycles. The second-order valence-corrected chi connectivity index (χ2v) is 6.96. The van der Waals surface area contributed by atoms with Gasteiger partial charge in [0.15, 0.2) is 5.16 Å². The zero-order chi connectivity index (χ0) is 14.8. The maximum atomic E-state index is 11.6. The standard InChI is InChI=1S/C12H15N3O3S2/c1-13-20(17,18)11-5-3-10(4-6-11)19-12-14-7-9(8-16)15(12)2/h3-7,13,16H,8H2,1-2H3. The Kier molecular flexibility index (Phi) is 4.48. The Morgan fingerprint density at radius 3 is 2.50 bits per heavy atom. The predicted molar refractivity (Wildman–Crippen MR) is 75.9 cm³/mol. The largest absolute Gasteiger partial charge is 0.390 e. The smallest absolute Gasteiger partial charge is 0.240 e. The molecule has 2 rings (SSSR count). The first-order valence-electron chi connectivity index (χ1n) is 5.81. The molecule has 0 aliphatic heterocycles. The molecule has 6 nitrogen and oxygen atoms in total. The van der Waals surface area contributed by atoms with E-state index in [0.717, 1.165) is 15.7 Å². The van der Waals surface area contributed by atoms with Crippen LogP contribution in [-0.2, 0) is 23.7 Å². The summed E-state index contributed by atoms with van der Waals surface area (Å²) in [6.07, 6.45) is 1.61. The highest BCUT2D eigenvalue weighted by molar-refractivity contribution is 7.99. The van der Waals surface area contributed by atoms with Gasteiger partial charge in [-0.2, -0.15) is 0 Å². The van der Waals surface area contributed by atoms with Crippen LogP contribution in [0.2, 0.25) is 0 Å². The van der Waals surface area contributed by atoms with Gasteiger partial charge in [-0.25, -0.2) is 18.1 Å². The van der Waals surface area contributed by atoms with Crippen molar-refractivity contribution >= 4 is 21.8 Å². The summed E-state index contributed by atoms with van der Waals surface area (Å²) in [5.74, 6) is 0. The van der Waals surface area contributed by atoms with Gasteiger partial charge in [0.2, 0.25) is 10.0 Å². The van der Waals surface area contributed by atoms with Crippen LogP contribution in [0.1, 0.15) is 5.69 Å². The first-order valence-corrected chi connectivity index (χ1v) is 8.11. The fraction of sp³-hybridized carbons (Fsp3) is 0.250. The lowest BCUT2D eigenvalue weighted by atomic mass is 10.4. The van der Waals surface area contributed by atoms with E-state index in [1.54, 1.807) is 35.0 Å². The fourth-order valence-corrected chi connectivity index (χ4v) is 3.15. The number of sulfonamides is 1. The van der Waals surface area contributed by atoms with Gasteiger partial charge in [-0.15, -0.1) is 0 Å². The number of benzene rings is 1. The van der Waals surface area contributed by atoms with Crippen LogP contribution in [-0.4, -0.2) is 30.1 Å². The number of aliphatic hydroxyl groups excluding tert-OH is 1. The molecule has 0 atom stereocenters. The van der Waals surface area contributed by atoms with Crippen LogP contribution in [0.5, 0.6) is 0 Å². The molecule has 0 aliphatic rings. The van der Waals surface area contributed by atoms with Crippen molar-refractivity contribution in [2.75, 3.05) is 7.05 Å². The summed E-state index contributed by atoms with van der Waals surface area (Å²) in [6.45, 7) is -0.0661. The van der Waals surface area contributed by atoms with Gasteiger partial charge >= 0.3 is 0 Å². The third-order valence-electron chi connectivity index (χ3n) is 2.82. The Morgan fingerprint density at radius 2 is 2.00 bits per heavy atom. The first-order chi connectivity index (χ1) is 9.47. The molecule has 2 aromatic rings. The SMILES string of the molecule is CNS(=O)(=O)c1ccc(Sc2ncc(CO)n2C)cc1. The minimum atomic E-state index is -3.41. The number of nitrogens with zero attached hydrogens (tertiary/aromatic N) is 2. The summed E-state index contributed by atoms with van der Waals surface area (Å²) in [4.78, 5) is 5.30. The molecule has 0 bridgehead atoms. The summed E-state index contributed by atoms with van der Waals surface area (Å²) >= 11 is 1.40. The van der Waals surface area contributed by atoms with Crippen LogP contribution >= 0.6 is 11.8 Å². The summed E-state index contributed by atoms with van der Waals surface area (Å²) in [7, 11) is -0.212. The Balaban J connectivity index is 2.21. The summed E-state index contributed by atoms with van der Waals surface area (Å²) < 4.78 is 27.3. The van der Waals surface area contributed by atoms with E-state index in [1.807, 2.05) is 7.05 Å². The Bertz CT molecular complexity index is 693. The van der Waals surface area contributed by atoms with E-state index >= 15 is 0 Å². The molecular weight excluding hydrogens is 298 g/mol. The molecule has 20 heavy (non-hydrogen) atoms. The molecule has 8 heteroatoms. The minimum Gasteiger partial charge on any atom is -0.390 e. The van der Waals surface area contributed by atoms with Crippen molar-refractivity contribution in [3.05, 3.63) is 36.2 Å². The van der Waals surface area contributed by atoms with E-state index in [1.165, 1.54) is 18.8 Å². The molecule has 0 fully saturated rings. The number of nitrogens with one attached hydrogen (secondary N) is 1. The van der Waals surface area contributed by atoms with Crippen molar-refractivity contribution < 1.29 is 13.5 Å². The van der Waals surface area contributed by atoms with Crippen molar-refractivity contribution in [2.45, 2.75) is 21.6 Å². The van der Waals surface area contributed by atoms with E-state index in [9.17, 15) is 8.42 Å². The van der Waals surface area contributed by atoms with E-state index in [4.69, 9.17) is 5.11 Å². The predicted octanol–water partition coefficient (Wildman–Crippen LogP) is 0.972. The molecule has 0 spiro atoms. The monoisotopic (exact) mass is 313 g/mol. The van der Waals surface area contributed by atoms with Crippen LogP contribution in [0.3, 0.4) is 0 Å². The molecule has 0 amide bonds. The molecule has 1 aromatic carbocycles. The number of aromatic nitrogens is 2. The minimum absolute atomic E-state index is 0.0661. The Labute approximate surface area is 121 Å². The highest BCUT2D eigenvalue weighted by Crippen LogP contribution is 2.27. The molecule has 1 heterocycles. The van der Waals surface area contributed by atoms with E-state index < -0.39 is 10.0 Å². The average molecular weight is 313 g/mol. The van der Waals surface area contributed by atoms with E-state index in [2.05, 4.69) is 9.71 Å². The van der Waals surface area contributed by atoms with Gasteiger partial charge in [0.1, 0.15) is 0 Å². The van der Waals surface area contributed by atoms with Crippen molar-refractivity contribution in [1.29, 1.82) is 0 Å². The third kappa shape index (κ3) is 3.04. The van der Waals surface area contributed by atoms with Crippen LogP contribution in [0, 0.1) is 0 Å². The molecule has 1 aromatic heterocycles. The number of hydrogen-bond donors (Lipinski definition) is 2. The second kappa shape index (κ2) is 5.96. The number of hydrogen-bond acceptors (Lipinski definition) is 5. The van der Waals surface area contributed by atoms with Gasteiger partial charge in [-0.1, -0.05) is 11.8 Å². The first kappa shape index (κ1) is 15.0. The normalized spacial score (nSPS) is 11.8. The summed E-state index contributed by atoms with van der Waals surface area (Å²) in [5, 5.41) is 9.84. The number of rotatable bonds is 5. The van der Waals surface area contributed by atoms with Gasteiger partial charge in [-0.05, 0) is 31.3 Å². The third-order valence-corrected chi connectivity index (χ3v) is 5.32. The van der Waals surface area contributed by atoms with E-state index in [-0.39, 0.29) is 11.5 Å². The van der Waals surface area contributed by atoms with Gasteiger partial charge in [-0.3, -0.25) is 0 Å². The molecular formula is C12H15N3O3S2. The Morgan fingerprint density at radius 1 is 1.35 bits per heavy atom. The van der Waals surface area contributed by atoms with Gasteiger partial charge in [0, 0.05) is 11.9 Å². The highest BCUT2D eigenvalue weighted by Gasteiger charge is 2.12. The van der Waals surface area contributed by atoms with Crippen LogP contribution in [0.4, 0.5) is 0 Å². The van der Waals surface area contributed by atoms with Crippen LogP contribution in [0.15, 0.2) is 45.4 Å². The van der Waals surface area contributed by atoms with Crippen molar-refractivity contribution in [2.24, 2.45) is 7.05 Å². The molecule has 0 aliphatic carbocycles. The Hall–Kier alpha value is -1.35. The molecule has 0 unspecified atom stereocenters. The van der Waals surface area contributed by atoms with Crippen LogP contribution in [0.25, 0.3) is 0 Å². The quantitative estimate of drug-likeness (QED) is 0.859. The number of imidazole rings is 1. The lowest BCUT2D eigenvalue weighted by Gasteiger charge is -2.05. The zero-order valence-corrected chi connectivity index (χ0v) is 12.7. The summed E-state index contributed by atoms with van der Waals surface area (Å²) in [6, 6.07) is 6.54. The maximum Gasteiger partial charge on any atom is 0.240 e. The highest BCUT2D eigenvalue weighted by atomic mass is 32.2. The molecule has 108 valence electrons. The van der Waals surface area contributed by atoms with Crippen LogP contribution < -0.4 is 4.72 Å². The fourth-order valence-electron chi connectivity index (χ4n) is 1.58. The van der Waals surface area contributed by atoms with E-state index in [0.29, 0.717) is 0 Å². The van der Waals surface area contributed by atoms with Crippen molar-refractivity contribution in [3.63, 3.8) is 0 Å². The van der Waals surface area contributed by atoms with Gasteiger partial charge in [0.05, 0.1) is 23.4 Å². The average Bonchev–Trinajstić information content (AvgIpc) is 2.80. The second-order valence-electron chi connectivity index (χ2n) is 4.03. The summed E-state index contributed by atoms with van der Waals surface area (Å²) in [5.41, 5.74) is 0.724. The van der Waals surface area contributed by atoms with Crippen molar-refractivity contribution in [3.8, 4) is 0 Å². The zero-order valence-electron chi connectivity index (χ0n) is 11.1. The lowest BCUT2D eigenvalue weighted by molar-refractivity contribution is 0.271. The molecule has 0 saturated carbocycles. The van der Waals surface area contributed by atoms with Gasteiger partial charge < -0.3 is 9.67 Å². The topological polar surface area (TPSA) is 84.2 Å². The van der Waals surface area contributed by atoms with Gasteiger partial charge in [0.25, 0.3) is 0 Å². The number of aliphatic hydroxyl groups is 1. The maximum absolute atomic E-state index is 11.6. The molecule has 0 radical (unpaired) electrons.